The van der Waals surface area contributed by atoms with Crippen LogP contribution < -0.4 is 4.74 Å². The molecule has 2 nitrogen and oxygen atoms in total. The van der Waals surface area contributed by atoms with E-state index in [1.54, 1.807) is 0 Å². The van der Waals surface area contributed by atoms with Gasteiger partial charge in [0.25, 0.3) is 0 Å². The number of aliphatic hydroxyl groups excluding tert-OH is 1. The minimum atomic E-state index is 0.0434. The highest BCUT2D eigenvalue weighted by molar-refractivity contribution is 5.71. The summed E-state index contributed by atoms with van der Waals surface area (Å²) in [5.74, 6) is 0.855. The summed E-state index contributed by atoms with van der Waals surface area (Å²) in [5.41, 5.74) is 3.02. The molecule has 0 aromatic heterocycles. The van der Waals surface area contributed by atoms with Crippen molar-refractivity contribution in [1.29, 1.82) is 0 Å². The first-order chi connectivity index (χ1) is 8.70. The van der Waals surface area contributed by atoms with Crippen LogP contribution in [0.2, 0.25) is 0 Å². The lowest BCUT2D eigenvalue weighted by molar-refractivity contribution is 0.243. The Balaban J connectivity index is 2.47. The van der Waals surface area contributed by atoms with Crippen molar-refractivity contribution in [1.82, 2.24) is 0 Å². The smallest absolute Gasteiger partial charge is 0.127 e. The average molecular weight is 242 g/mol. The normalized spacial score (nSPS) is 10.7. The molecule has 0 saturated carbocycles. The van der Waals surface area contributed by atoms with Gasteiger partial charge in [-0.15, -0.1) is 0 Å². The van der Waals surface area contributed by atoms with Gasteiger partial charge in [-0.3, -0.25) is 0 Å². The molecule has 2 heteroatoms. The van der Waals surface area contributed by atoms with E-state index < -0.39 is 0 Å². The molecule has 0 unspecified atom stereocenters. The summed E-state index contributed by atoms with van der Waals surface area (Å²) in [7, 11) is 0. The molecular weight excluding hydrogens is 224 g/mol. The van der Waals surface area contributed by atoms with Crippen molar-refractivity contribution < 1.29 is 9.84 Å². The van der Waals surface area contributed by atoms with E-state index in [-0.39, 0.29) is 12.7 Å². The minimum Gasteiger partial charge on any atom is -0.490 e. The van der Waals surface area contributed by atoms with Crippen LogP contribution in [0.3, 0.4) is 0 Å². The first kappa shape index (κ1) is 12.7. The van der Waals surface area contributed by atoms with Gasteiger partial charge in [-0.2, -0.15) is 0 Å². The molecule has 0 saturated heterocycles. The van der Waals surface area contributed by atoms with Gasteiger partial charge < -0.3 is 9.84 Å². The van der Waals surface area contributed by atoms with Crippen molar-refractivity contribution in [3.8, 4) is 16.9 Å². The molecular formula is C16H18O2. The Morgan fingerprint density at radius 3 is 2.39 bits per heavy atom. The number of hydrogen-bond acceptors (Lipinski definition) is 2. The third-order valence-corrected chi connectivity index (χ3v) is 2.67. The predicted molar refractivity (Wildman–Crippen MR) is 73.6 cm³/mol. The van der Waals surface area contributed by atoms with Crippen LogP contribution >= 0.6 is 0 Å². The molecule has 0 fully saturated rings. The van der Waals surface area contributed by atoms with Gasteiger partial charge in [-0.1, -0.05) is 36.4 Å². The van der Waals surface area contributed by atoms with Crippen LogP contribution in [-0.4, -0.2) is 11.2 Å². The molecule has 0 heterocycles. The summed E-state index contributed by atoms with van der Waals surface area (Å²) in [6.45, 7) is 4.06. The zero-order chi connectivity index (χ0) is 13.0. The lowest BCUT2D eigenvalue weighted by Crippen LogP contribution is -2.06. The van der Waals surface area contributed by atoms with Gasteiger partial charge in [0.2, 0.25) is 0 Å². The molecule has 2 rings (SSSR count). The summed E-state index contributed by atoms with van der Waals surface area (Å²) >= 11 is 0. The molecule has 0 radical (unpaired) electrons. The summed E-state index contributed by atoms with van der Waals surface area (Å²) in [6.07, 6.45) is 0.132. The Morgan fingerprint density at radius 1 is 1.06 bits per heavy atom. The molecule has 0 spiro atoms. The molecule has 0 bridgehead atoms. The third kappa shape index (κ3) is 2.90. The molecule has 94 valence electrons. The number of aliphatic hydroxyl groups is 1. The molecule has 0 amide bonds. The van der Waals surface area contributed by atoms with Gasteiger partial charge >= 0.3 is 0 Å². The van der Waals surface area contributed by atoms with Crippen molar-refractivity contribution in [2.45, 2.75) is 26.6 Å². The largest absolute Gasteiger partial charge is 0.490 e. The van der Waals surface area contributed by atoms with Crippen LogP contribution in [0.15, 0.2) is 48.5 Å². The van der Waals surface area contributed by atoms with Crippen LogP contribution in [0.1, 0.15) is 19.4 Å². The van der Waals surface area contributed by atoms with Crippen molar-refractivity contribution in [2.75, 3.05) is 0 Å². The SMILES string of the molecule is CC(C)Oc1ccc(CO)cc1-c1ccccc1. The predicted octanol–water partition coefficient (Wildman–Crippen LogP) is 3.63. The Bertz CT molecular complexity index is 504. The second-order valence-corrected chi connectivity index (χ2v) is 4.52. The van der Waals surface area contributed by atoms with Gasteiger partial charge in [0.15, 0.2) is 0 Å². The molecule has 0 aliphatic heterocycles. The molecule has 2 aromatic carbocycles. The van der Waals surface area contributed by atoms with E-state index in [0.29, 0.717) is 0 Å². The highest BCUT2D eigenvalue weighted by Gasteiger charge is 2.08. The summed E-state index contributed by atoms with van der Waals surface area (Å²) in [6, 6.07) is 15.9. The number of benzene rings is 2. The summed E-state index contributed by atoms with van der Waals surface area (Å²) < 4.78 is 5.82. The van der Waals surface area contributed by atoms with Crippen molar-refractivity contribution in [2.24, 2.45) is 0 Å². The van der Waals surface area contributed by atoms with E-state index in [2.05, 4.69) is 0 Å². The molecule has 18 heavy (non-hydrogen) atoms. The van der Waals surface area contributed by atoms with Crippen molar-refractivity contribution in [3.63, 3.8) is 0 Å². The Hall–Kier alpha value is -1.80. The summed E-state index contributed by atoms with van der Waals surface area (Å²) in [4.78, 5) is 0. The third-order valence-electron chi connectivity index (χ3n) is 2.67. The maximum absolute atomic E-state index is 9.24. The first-order valence-electron chi connectivity index (χ1n) is 6.16. The molecule has 2 aromatic rings. The fraction of sp³-hybridized carbons (Fsp3) is 0.250. The maximum atomic E-state index is 9.24. The topological polar surface area (TPSA) is 29.5 Å². The van der Waals surface area contributed by atoms with Gasteiger partial charge in [0.05, 0.1) is 12.7 Å². The second kappa shape index (κ2) is 5.69. The average Bonchev–Trinajstić information content (AvgIpc) is 2.39. The highest BCUT2D eigenvalue weighted by atomic mass is 16.5. The van der Waals surface area contributed by atoms with E-state index in [4.69, 9.17) is 4.74 Å². The van der Waals surface area contributed by atoms with E-state index in [0.717, 1.165) is 22.4 Å². The van der Waals surface area contributed by atoms with Crippen molar-refractivity contribution in [3.05, 3.63) is 54.1 Å². The minimum absolute atomic E-state index is 0.0434. The van der Waals surface area contributed by atoms with Gasteiger partial charge in [0.1, 0.15) is 5.75 Å². The van der Waals surface area contributed by atoms with Gasteiger partial charge in [-0.25, -0.2) is 0 Å². The molecule has 0 aliphatic rings. The van der Waals surface area contributed by atoms with Gasteiger partial charge in [0, 0.05) is 5.56 Å². The first-order valence-corrected chi connectivity index (χ1v) is 6.16. The Morgan fingerprint density at radius 2 is 1.78 bits per heavy atom. The van der Waals surface area contributed by atoms with Crippen molar-refractivity contribution >= 4 is 0 Å². The molecule has 0 atom stereocenters. The fourth-order valence-corrected chi connectivity index (χ4v) is 1.88. The lowest BCUT2D eigenvalue weighted by Gasteiger charge is -2.15. The number of rotatable bonds is 4. The highest BCUT2D eigenvalue weighted by Crippen LogP contribution is 2.31. The zero-order valence-corrected chi connectivity index (χ0v) is 10.8. The standard InChI is InChI=1S/C16H18O2/c1-12(2)18-16-9-8-13(11-17)10-15(16)14-6-4-3-5-7-14/h3-10,12,17H,11H2,1-2H3. The maximum Gasteiger partial charge on any atom is 0.127 e. The van der Waals surface area contributed by atoms with E-state index >= 15 is 0 Å². The van der Waals surface area contributed by atoms with Crippen LogP contribution in [0.25, 0.3) is 11.1 Å². The van der Waals surface area contributed by atoms with Gasteiger partial charge in [-0.05, 0) is 37.1 Å². The number of ether oxygens (including phenoxy) is 1. The zero-order valence-electron chi connectivity index (χ0n) is 10.8. The van der Waals surface area contributed by atoms with E-state index in [1.807, 2.05) is 62.4 Å². The monoisotopic (exact) mass is 242 g/mol. The van der Waals surface area contributed by atoms with Crippen LogP contribution in [0.5, 0.6) is 5.75 Å². The van der Waals surface area contributed by atoms with Crippen LogP contribution in [0, 0.1) is 0 Å². The quantitative estimate of drug-likeness (QED) is 0.887. The molecule has 1 N–H and O–H groups in total. The Labute approximate surface area is 108 Å². The lowest BCUT2D eigenvalue weighted by atomic mass is 10.0. The van der Waals surface area contributed by atoms with E-state index in [1.165, 1.54) is 0 Å². The summed E-state index contributed by atoms with van der Waals surface area (Å²) in [5, 5.41) is 9.24. The number of hydrogen-bond donors (Lipinski definition) is 1. The fourth-order valence-electron chi connectivity index (χ4n) is 1.88. The van der Waals surface area contributed by atoms with Crippen LogP contribution in [-0.2, 0) is 6.61 Å². The molecule has 0 aliphatic carbocycles. The Kier molecular flexibility index (Phi) is 4.00. The second-order valence-electron chi connectivity index (χ2n) is 4.52. The van der Waals surface area contributed by atoms with Crippen LogP contribution in [0.4, 0.5) is 0 Å². The van der Waals surface area contributed by atoms with E-state index in [9.17, 15) is 5.11 Å².